The fourth-order valence-corrected chi connectivity index (χ4v) is 1.96. The van der Waals surface area contributed by atoms with Crippen LogP contribution >= 0.6 is 0 Å². The lowest BCUT2D eigenvalue weighted by Crippen LogP contribution is -1.91. The Bertz CT molecular complexity index is 629. The Hall–Kier alpha value is -2.15. The molecule has 0 spiro atoms. The lowest BCUT2D eigenvalue weighted by molar-refractivity contribution is 1.08. The zero-order valence-electron chi connectivity index (χ0n) is 9.43. The second-order valence-electron chi connectivity index (χ2n) is 4.07. The molecule has 3 rings (SSSR count). The summed E-state index contributed by atoms with van der Waals surface area (Å²) in [5.74, 6) is 0. The molecule has 17 heavy (non-hydrogen) atoms. The summed E-state index contributed by atoms with van der Waals surface area (Å²) in [6, 6.07) is 22.0. The minimum atomic E-state index is 0.839. The van der Waals surface area contributed by atoms with Gasteiger partial charge in [-0.25, -0.2) is 0 Å². The van der Waals surface area contributed by atoms with Crippen LogP contribution in [0.25, 0.3) is 10.8 Å². The maximum atomic E-state index is 4.33. The summed E-state index contributed by atoms with van der Waals surface area (Å²) in [5, 5.41) is 2.40. The van der Waals surface area contributed by atoms with Gasteiger partial charge >= 0.3 is 0 Å². The van der Waals surface area contributed by atoms with Crippen LogP contribution in [0.5, 0.6) is 0 Å². The molecule has 0 saturated heterocycles. The lowest BCUT2D eigenvalue weighted by Gasteiger charge is -2.02. The normalized spacial score (nSPS) is 10.6. The Morgan fingerprint density at radius 2 is 1.76 bits per heavy atom. The van der Waals surface area contributed by atoms with Crippen molar-refractivity contribution in [2.75, 3.05) is 0 Å². The van der Waals surface area contributed by atoms with Crippen molar-refractivity contribution in [3.8, 4) is 0 Å². The van der Waals surface area contributed by atoms with Crippen LogP contribution in [0.3, 0.4) is 0 Å². The number of benzene rings is 2. The number of hydrogen-bond acceptors (Lipinski definition) is 1. The van der Waals surface area contributed by atoms with Crippen molar-refractivity contribution in [3.05, 3.63) is 78.1 Å². The van der Waals surface area contributed by atoms with Gasteiger partial charge in [0.1, 0.15) is 0 Å². The van der Waals surface area contributed by atoms with E-state index in [9.17, 15) is 0 Å². The molecule has 0 saturated carbocycles. The zero-order valence-corrected chi connectivity index (χ0v) is 9.43. The van der Waals surface area contributed by atoms with Crippen LogP contribution in [0.2, 0.25) is 0 Å². The molecule has 0 aliphatic carbocycles. The molecule has 0 aliphatic heterocycles. The van der Waals surface area contributed by atoms with Crippen molar-refractivity contribution in [2.24, 2.45) is 0 Å². The van der Waals surface area contributed by atoms with Crippen molar-refractivity contribution < 1.29 is 0 Å². The van der Waals surface area contributed by atoms with Crippen LogP contribution in [0, 0.1) is 6.07 Å². The topological polar surface area (TPSA) is 12.9 Å². The first-order chi connectivity index (χ1) is 8.42. The van der Waals surface area contributed by atoms with Crippen molar-refractivity contribution in [1.29, 1.82) is 0 Å². The molecule has 3 aromatic rings. The van der Waals surface area contributed by atoms with Gasteiger partial charge in [0, 0.05) is 18.3 Å². The summed E-state index contributed by atoms with van der Waals surface area (Å²) in [7, 11) is 0. The molecule has 0 unspecified atom stereocenters. The summed E-state index contributed by atoms with van der Waals surface area (Å²) in [5.41, 5.74) is 2.27. The van der Waals surface area contributed by atoms with Crippen LogP contribution in [0.4, 0.5) is 0 Å². The lowest BCUT2D eigenvalue weighted by atomic mass is 10.0. The van der Waals surface area contributed by atoms with Crippen LogP contribution in [0.1, 0.15) is 11.3 Å². The standard InChI is InChI=1S/C16H12N/c1-2-6-15-11-13(8-9-14(15)5-1)12-16-7-3-4-10-17-16/h1-10H,12H2. The largest absolute Gasteiger partial charge is 0.261 e. The Kier molecular flexibility index (Phi) is 2.59. The van der Waals surface area contributed by atoms with Gasteiger partial charge in [-0.05, 0) is 34.5 Å². The van der Waals surface area contributed by atoms with E-state index in [2.05, 4.69) is 41.4 Å². The molecule has 0 atom stereocenters. The highest BCUT2D eigenvalue weighted by Gasteiger charge is 1.99. The van der Waals surface area contributed by atoms with E-state index in [4.69, 9.17) is 0 Å². The Balaban J connectivity index is 1.96. The molecule has 0 fully saturated rings. The van der Waals surface area contributed by atoms with Crippen LogP contribution in [-0.2, 0) is 6.42 Å². The second kappa shape index (κ2) is 4.38. The molecule has 1 heterocycles. The van der Waals surface area contributed by atoms with E-state index < -0.39 is 0 Å². The van der Waals surface area contributed by atoms with E-state index in [1.54, 1.807) is 0 Å². The molecular weight excluding hydrogens is 206 g/mol. The van der Waals surface area contributed by atoms with Crippen molar-refractivity contribution >= 4 is 10.8 Å². The maximum absolute atomic E-state index is 4.33. The molecule has 1 radical (unpaired) electrons. The minimum absolute atomic E-state index is 0.839. The second-order valence-corrected chi connectivity index (χ2v) is 4.07. The van der Waals surface area contributed by atoms with Gasteiger partial charge < -0.3 is 0 Å². The van der Waals surface area contributed by atoms with Gasteiger partial charge in [-0.1, -0.05) is 42.5 Å². The molecule has 1 nitrogen and oxygen atoms in total. The van der Waals surface area contributed by atoms with E-state index in [1.807, 2.05) is 30.5 Å². The van der Waals surface area contributed by atoms with Crippen LogP contribution < -0.4 is 0 Å². The summed E-state index contributed by atoms with van der Waals surface area (Å²) >= 11 is 0. The van der Waals surface area contributed by atoms with Crippen LogP contribution in [0.15, 0.2) is 60.8 Å². The summed E-state index contributed by atoms with van der Waals surface area (Å²) in [6.45, 7) is 0. The van der Waals surface area contributed by atoms with Crippen molar-refractivity contribution in [3.63, 3.8) is 0 Å². The molecule has 1 aromatic heterocycles. The maximum Gasteiger partial charge on any atom is 0.0447 e. The van der Waals surface area contributed by atoms with E-state index in [-0.39, 0.29) is 0 Å². The van der Waals surface area contributed by atoms with Gasteiger partial charge in [0.15, 0.2) is 0 Å². The first-order valence-corrected chi connectivity index (χ1v) is 5.72. The predicted molar refractivity (Wildman–Crippen MR) is 69.8 cm³/mol. The van der Waals surface area contributed by atoms with Crippen molar-refractivity contribution in [2.45, 2.75) is 6.42 Å². The summed E-state index contributed by atoms with van der Waals surface area (Å²) in [6.07, 6.45) is 2.67. The van der Waals surface area contributed by atoms with Gasteiger partial charge in [0.25, 0.3) is 0 Å². The Morgan fingerprint density at radius 3 is 2.65 bits per heavy atom. The Labute approximate surface area is 101 Å². The molecule has 1 heteroatoms. The van der Waals surface area contributed by atoms with E-state index in [1.165, 1.54) is 16.3 Å². The van der Waals surface area contributed by atoms with E-state index in [0.717, 1.165) is 12.1 Å². The van der Waals surface area contributed by atoms with E-state index in [0.29, 0.717) is 0 Å². The van der Waals surface area contributed by atoms with Gasteiger partial charge in [-0.15, -0.1) is 0 Å². The molecular formula is C16H12N. The Morgan fingerprint density at radius 1 is 0.882 bits per heavy atom. The average molecular weight is 218 g/mol. The number of nitrogens with zero attached hydrogens (tertiary/aromatic N) is 1. The fourth-order valence-electron chi connectivity index (χ4n) is 1.96. The van der Waals surface area contributed by atoms with Gasteiger partial charge in [-0.3, -0.25) is 4.98 Å². The SMILES string of the molecule is [c]1c(Cc2ccccn2)ccc2ccccc12. The van der Waals surface area contributed by atoms with Crippen molar-refractivity contribution in [1.82, 2.24) is 4.98 Å². The quantitative estimate of drug-likeness (QED) is 0.640. The first kappa shape index (κ1) is 10.0. The minimum Gasteiger partial charge on any atom is -0.261 e. The van der Waals surface area contributed by atoms with Gasteiger partial charge in [0.2, 0.25) is 0 Å². The third-order valence-corrected chi connectivity index (χ3v) is 2.82. The summed E-state index contributed by atoms with van der Waals surface area (Å²) in [4.78, 5) is 4.33. The highest BCUT2D eigenvalue weighted by atomic mass is 14.7. The fraction of sp³-hybridized carbons (Fsp3) is 0.0625. The molecule has 0 aliphatic rings. The molecule has 2 aromatic carbocycles. The zero-order chi connectivity index (χ0) is 11.5. The smallest absolute Gasteiger partial charge is 0.0447 e. The number of hydrogen-bond donors (Lipinski definition) is 0. The third-order valence-electron chi connectivity index (χ3n) is 2.82. The summed E-state index contributed by atoms with van der Waals surface area (Å²) < 4.78 is 0. The number of rotatable bonds is 2. The number of pyridine rings is 1. The van der Waals surface area contributed by atoms with E-state index >= 15 is 0 Å². The number of aromatic nitrogens is 1. The average Bonchev–Trinajstić information content (AvgIpc) is 2.40. The first-order valence-electron chi connectivity index (χ1n) is 5.72. The molecule has 81 valence electrons. The predicted octanol–water partition coefficient (Wildman–Crippen LogP) is 3.63. The highest BCUT2D eigenvalue weighted by Crippen LogP contribution is 2.16. The van der Waals surface area contributed by atoms with Gasteiger partial charge in [-0.2, -0.15) is 0 Å². The molecule has 0 amide bonds. The van der Waals surface area contributed by atoms with Gasteiger partial charge in [0.05, 0.1) is 0 Å². The monoisotopic (exact) mass is 218 g/mol. The highest BCUT2D eigenvalue weighted by molar-refractivity contribution is 5.82. The number of fused-ring (bicyclic) bond motifs is 1. The molecule has 0 N–H and O–H groups in total. The third kappa shape index (κ3) is 2.18. The molecule has 0 bridgehead atoms. The van der Waals surface area contributed by atoms with Crippen LogP contribution in [-0.4, -0.2) is 4.98 Å².